The topological polar surface area (TPSA) is 35.5 Å². The summed E-state index contributed by atoms with van der Waals surface area (Å²) in [4.78, 5) is 19.9. The molecule has 9 heavy (non-hydrogen) atoms. The number of hydrogen-bond donors (Lipinski definition) is 0. The van der Waals surface area contributed by atoms with E-state index in [0.29, 0.717) is 0 Å². The fourth-order valence-corrected chi connectivity index (χ4v) is 1.43. The van der Waals surface area contributed by atoms with Crippen molar-refractivity contribution in [1.29, 1.82) is 0 Å². The largest absolute Gasteiger partial charge is 0.345 e. The quantitative estimate of drug-likeness (QED) is 0.449. The highest BCUT2D eigenvalue weighted by molar-refractivity contribution is 5.72. The molecule has 0 aromatic carbocycles. The molecule has 0 N–H and O–H groups in total. The molecule has 2 atom stereocenters. The van der Waals surface area contributed by atoms with Crippen molar-refractivity contribution in [3.63, 3.8) is 0 Å². The third kappa shape index (κ3) is 0.721. The molecular weight excluding hydrogens is 120 g/mol. The van der Waals surface area contributed by atoms with Crippen molar-refractivity contribution in [2.24, 2.45) is 5.92 Å². The molecule has 2 bridgehead atoms. The molecule has 1 saturated heterocycles. The first kappa shape index (κ1) is 5.23. The molecule has 0 amide bonds. The Labute approximate surface area is 52.9 Å². The SMILES string of the molecule is O=C1OOC2CCC1C2. The van der Waals surface area contributed by atoms with Crippen LogP contribution in [0.1, 0.15) is 19.3 Å². The third-order valence-electron chi connectivity index (χ3n) is 1.98. The zero-order valence-electron chi connectivity index (χ0n) is 5.00. The monoisotopic (exact) mass is 128 g/mol. The Balaban J connectivity index is 2.14. The summed E-state index contributed by atoms with van der Waals surface area (Å²) in [6, 6.07) is 0. The lowest BCUT2D eigenvalue weighted by Gasteiger charge is -2.15. The van der Waals surface area contributed by atoms with E-state index in [2.05, 4.69) is 4.89 Å². The maximum Gasteiger partial charge on any atom is 0.345 e. The molecule has 2 unspecified atom stereocenters. The minimum absolute atomic E-state index is 0.142. The van der Waals surface area contributed by atoms with Gasteiger partial charge < -0.3 is 0 Å². The van der Waals surface area contributed by atoms with Crippen LogP contribution in [0.4, 0.5) is 0 Å². The summed E-state index contributed by atoms with van der Waals surface area (Å²) in [5.74, 6) is -0.0347. The summed E-state index contributed by atoms with van der Waals surface area (Å²) < 4.78 is 0. The molecule has 1 aliphatic heterocycles. The summed E-state index contributed by atoms with van der Waals surface area (Å²) in [6.07, 6.45) is 3.01. The average Bonchev–Trinajstić information content (AvgIpc) is 2.25. The van der Waals surface area contributed by atoms with Gasteiger partial charge in [-0.1, -0.05) is 0 Å². The van der Waals surface area contributed by atoms with Crippen LogP contribution in [0.5, 0.6) is 0 Å². The first-order valence-corrected chi connectivity index (χ1v) is 3.23. The van der Waals surface area contributed by atoms with Crippen LogP contribution in [-0.2, 0) is 14.6 Å². The lowest BCUT2D eigenvalue weighted by atomic mass is 10.1. The summed E-state index contributed by atoms with van der Waals surface area (Å²) >= 11 is 0. The molecule has 0 aromatic heterocycles. The summed E-state index contributed by atoms with van der Waals surface area (Å²) in [5, 5.41) is 0. The maximum absolute atomic E-state index is 10.7. The van der Waals surface area contributed by atoms with Gasteiger partial charge in [0.25, 0.3) is 0 Å². The van der Waals surface area contributed by atoms with Crippen LogP contribution in [0.15, 0.2) is 0 Å². The van der Waals surface area contributed by atoms with Crippen molar-refractivity contribution in [2.45, 2.75) is 25.4 Å². The van der Waals surface area contributed by atoms with Crippen molar-refractivity contribution in [3.05, 3.63) is 0 Å². The fourth-order valence-electron chi connectivity index (χ4n) is 1.43. The molecule has 1 saturated carbocycles. The Bertz CT molecular complexity index is 143. The highest BCUT2D eigenvalue weighted by Gasteiger charge is 2.37. The number of carbonyl (C=O) groups is 1. The molecular formula is C6H8O3. The van der Waals surface area contributed by atoms with Gasteiger partial charge >= 0.3 is 5.97 Å². The smallest absolute Gasteiger partial charge is 0.298 e. The van der Waals surface area contributed by atoms with Gasteiger partial charge in [-0.2, -0.15) is 4.89 Å². The molecule has 3 heteroatoms. The van der Waals surface area contributed by atoms with E-state index in [-0.39, 0.29) is 18.0 Å². The maximum atomic E-state index is 10.7. The molecule has 2 fully saturated rings. The second-order valence-electron chi connectivity index (χ2n) is 2.63. The predicted octanol–water partition coefficient (Wildman–Crippen LogP) is 0.644. The number of rotatable bonds is 0. The van der Waals surface area contributed by atoms with Gasteiger partial charge in [0.1, 0.15) is 6.10 Å². The van der Waals surface area contributed by atoms with E-state index in [1.54, 1.807) is 0 Å². The molecule has 50 valence electrons. The number of hydrogen-bond acceptors (Lipinski definition) is 3. The van der Waals surface area contributed by atoms with Gasteiger partial charge in [0.05, 0.1) is 5.92 Å². The van der Waals surface area contributed by atoms with Crippen LogP contribution in [0, 0.1) is 5.92 Å². The Morgan fingerprint density at radius 2 is 2.33 bits per heavy atom. The minimum atomic E-state index is -0.177. The van der Waals surface area contributed by atoms with Crippen LogP contribution in [-0.4, -0.2) is 12.1 Å². The van der Waals surface area contributed by atoms with Gasteiger partial charge in [0.2, 0.25) is 0 Å². The Morgan fingerprint density at radius 3 is 3.11 bits per heavy atom. The van der Waals surface area contributed by atoms with Gasteiger partial charge in [0.15, 0.2) is 0 Å². The molecule has 3 nitrogen and oxygen atoms in total. The van der Waals surface area contributed by atoms with E-state index in [1.807, 2.05) is 0 Å². The fraction of sp³-hybridized carbons (Fsp3) is 0.833. The predicted molar refractivity (Wildman–Crippen MR) is 28.3 cm³/mol. The number of fused-ring (bicyclic) bond motifs is 2. The van der Waals surface area contributed by atoms with Gasteiger partial charge in [-0.05, 0) is 19.3 Å². The minimum Gasteiger partial charge on any atom is -0.298 e. The molecule has 2 rings (SSSR count). The molecule has 2 aliphatic rings. The van der Waals surface area contributed by atoms with E-state index in [4.69, 9.17) is 4.89 Å². The van der Waals surface area contributed by atoms with E-state index < -0.39 is 0 Å². The second kappa shape index (κ2) is 1.70. The molecule has 1 heterocycles. The standard InChI is InChI=1S/C6H8O3/c7-6-4-1-2-5(3-4)8-9-6/h4-5H,1-3H2. The molecule has 0 spiro atoms. The van der Waals surface area contributed by atoms with Crippen LogP contribution in [0.25, 0.3) is 0 Å². The third-order valence-corrected chi connectivity index (χ3v) is 1.98. The second-order valence-corrected chi connectivity index (χ2v) is 2.63. The van der Waals surface area contributed by atoms with Crippen LogP contribution in [0.2, 0.25) is 0 Å². The van der Waals surface area contributed by atoms with Gasteiger partial charge in [-0.25, -0.2) is 4.79 Å². The van der Waals surface area contributed by atoms with Crippen molar-refractivity contribution in [2.75, 3.05) is 0 Å². The van der Waals surface area contributed by atoms with Crippen molar-refractivity contribution >= 4 is 5.97 Å². The summed E-state index contributed by atoms with van der Waals surface area (Å²) in [7, 11) is 0. The van der Waals surface area contributed by atoms with Crippen LogP contribution in [0.3, 0.4) is 0 Å². The molecule has 0 radical (unpaired) electrons. The van der Waals surface area contributed by atoms with Crippen molar-refractivity contribution in [1.82, 2.24) is 0 Å². The van der Waals surface area contributed by atoms with E-state index in [0.717, 1.165) is 19.3 Å². The van der Waals surface area contributed by atoms with Crippen LogP contribution < -0.4 is 0 Å². The van der Waals surface area contributed by atoms with E-state index in [9.17, 15) is 4.79 Å². The summed E-state index contributed by atoms with van der Waals surface area (Å²) in [5.41, 5.74) is 0. The number of carbonyl (C=O) groups excluding carboxylic acids is 1. The zero-order valence-corrected chi connectivity index (χ0v) is 5.00. The first-order chi connectivity index (χ1) is 4.36. The van der Waals surface area contributed by atoms with Gasteiger partial charge in [-0.3, -0.25) is 4.89 Å². The molecule has 1 aliphatic carbocycles. The molecule has 0 aromatic rings. The Morgan fingerprint density at radius 1 is 1.44 bits per heavy atom. The highest BCUT2D eigenvalue weighted by atomic mass is 17.2. The van der Waals surface area contributed by atoms with Gasteiger partial charge in [-0.15, -0.1) is 0 Å². The van der Waals surface area contributed by atoms with Gasteiger partial charge in [0, 0.05) is 0 Å². The lowest BCUT2D eigenvalue weighted by Crippen LogP contribution is -2.24. The van der Waals surface area contributed by atoms with E-state index >= 15 is 0 Å². The van der Waals surface area contributed by atoms with Crippen LogP contribution >= 0.6 is 0 Å². The van der Waals surface area contributed by atoms with Crippen molar-refractivity contribution in [3.8, 4) is 0 Å². The Kier molecular flexibility index (Phi) is 0.990. The highest BCUT2D eigenvalue weighted by Crippen LogP contribution is 2.32. The van der Waals surface area contributed by atoms with Crippen molar-refractivity contribution < 1.29 is 14.6 Å². The van der Waals surface area contributed by atoms with E-state index in [1.165, 1.54) is 0 Å². The first-order valence-electron chi connectivity index (χ1n) is 3.23. The average molecular weight is 128 g/mol. The Hall–Kier alpha value is -0.570. The lowest BCUT2D eigenvalue weighted by molar-refractivity contribution is -0.310. The summed E-state index contributed by atoms with van der Waals surface area (Å²) in [6.45, 7) is 0. The zero-order chi connectivity index (χ0) is 6.27. The normalized spacial score (nSPS) is 40.7.